The van der Waals surface area contributed by atoms with E-state index in [1.54, 1.807) is 6.07 Å². The van der Waals surface area contributed by atoms with Crippen molar-refractivity contribution in [2.75, 3.05) is 36.5 Å². The fraction of sp³-hybridized carbons (Fsp3) is 0.417. The first-order chi connectivity index (χ1) is 16.5. The fourth-order valence-electron chi connectivity index (χ4n) is 4.48. The van der Waals surface area contributed by atoms with Crippen molar-refractivity contribution in [3.8, 4) is 23.1 Å². The average molecular weight is 480 g/mol. The standard InChI is InChI=1S/C24H26FN7OS/c1-14(2)32-7-8-33-22-17(11-26)9-16(10-20(22)32)21-18(25)12-28-23(30-21)31-24-29-19(13-34-24)15-3-5-27-6-4-15/h9-10,12-15,27H,3-8H2,1-2H3,(H,28,29,30,31). The van der Waals surface area contributed by atoms with Gasteiger partial charge < -0.3 is 20.3 Å². The van der Waals surface area contributed by atoms with E-state index in [4.69, 9.17) is 9.72 Å². The molecule has 4 heterocycles. The van der Waals surface area contributed by atoms with Crippen molar-refractivity contribution < 1.29 is 9.13 Å². The number of nitrogens with zero attached hydrogens (tertiary/aromatic N) is 5. The zero-order valence-corrected chi connectivity index (χ0v) is 20.0. The Labute approximate surface area is 201 Å². The minimum Gasteiger partial charge on any atom is -0.488 e. The van der Waals surface area contributed by atoms with Crippen LogP contribution in [0.15, 0.2) is 23.7 Å². The number of hydrogen-bond acceptors (Lipinski definition) is 9. The van der Waals surface area contributed by atoms with Crippen molar-refractivity contribution in [3.05, 3.63) is 40.8 Å². The number of ether oxygens (including phenoxy) is 1. The smallest absolute Gasteiger partial charge is 0.229 e. The number of nitrogens with one attached hydrogen (secondary N) is 2. The fourth-order valence-corrected chi connectivity index (χ4v) is 5.26. The van der Waals surface area contributed by atoms with Crippen LogP contribution in [-0.2, 0) is 0 Å². The number of anilines is 3. The number of piperidine rings is 1. The van der Waals surface area contributed by atoms with Gasteiger partial charge in [0.15, 0.2) is 16.7 Å². The molecule has 0 radical (unpaired) electrons. The maximum Gasteiger partial charge on any atom is 0.229 e. The Hall–Kier alpha value is -3.29. The molecule has 0 aliphatic carbocycles. The highest BCUT2D eigenvalue weighted by Gasteiger charge is 2.26. The van der Waals surface area contributed by atoms with Gasteiger partial charge in [-0.15, -0.1) is 11.3 Å². The second-order valence-electron chi connectivity index (χ2n) is 8.74. The van der Waals surface area contributed by atoms with Gasteiger partial charge in [-0.3, -0.25) is 0 Å². The minimum atomic E-state index is -0.559. The number of halogens is 1. The van der Waals surface area contributed by atoms with Gasteiger partial charge in [0.05, 0.1) is 29.7 Å². The quantitative estimate of drug-likeness (QED) is 0.555. The number of thiazole rings is 1. The second-order valence-corrected chi connectivity index (χ2v) is 9.59. The Morgan fingerprint density at radius 3 is 2.88 bits per heavy atom. The van der Waals surface area contributed by atoms with Crippen molar-refractivity contribution in [3.63, 3.8) is 0 Å². The second kappa shape index (κ2) is 9.52. The maximum atomic E-state index is 14.9. The van der Waals surface area contributed by atoms with Crippen molar-refractivity contribution in [1.82, 2.24) is 20.3 Å². The SMILES string of the molecule is CC(C)N1CCOc2c(C#N)cc(-c3nc(Nc4nc(C5CCNCC5)cs4)ncc3F)cc21. The van der Waals surface area contributed by atoms with Gasteiger partial charge in [-0.2, -0.15) is 5.26 Å². The summed E-state index contributed by atoms with van der Waals surface area (Å²) in [6, 6.07) is 5.85. The summed E-state index contributed by atoms with van der Waals surface area (Å²) in [6.45, 7) is 7.35. The first-order valence-corrected chi connectivity index (χ1v) is 12.3. The summed E-state index contributed by atoms with van der Waals surface area (Å²) in [5.41, 5.74) is 2.83. The van der Waals surface area contributed by atoms with E-state index in [0.717, 1.165) is 43.5 Å². The molecule has 34 heavy (non-hydrogen) atoms. The topological polar surface area (TPSA) is 99.0 Å². The monoisotopic (exact) mass is 479 g/mol. The predicted molar refractivity (Wildman–Crippen MR) is 130 cm³/mol. The van der Waals surface area contributed by atoms with E-state index in [1.165, 1.54) is 11.3 Å². The molecule has 0 atom stereocenters. The Balaban J connectivity index is 1.46. The van der Waals surface area contributed by atoms with E-state index >= 15 is 0 Å². The predicted octanol–water partition coefficient (Wildman–Crippen LogP) is 4.43. The van der Waals surface area contributed by atoms with E-state index in [1.807, 2.05) is 6.07 Å². The average Bonchev–Trinajstić information content (AvgIpc) is 3.33. The number of rotatable bonds is 5. The van der Waals surface area contributed by atoms with Crippen LogP contribution in [0.3, 0.4) is 0 Å². The third-order valence-corrected chi connectivity index (χ3v) is 6.99. The van der Waals surface area contributed by atoms with Crippen molar-refractivity contribution in [2.24, 2.45) is 0 Å². The van der Waals surface area contributed by atoms with Gasteiger partial charge in [0.2, 0.25) is 5.95 Å². The molecule has 176 valence electrons. The lowest BCUT2D eigenvalue weighted by molar-refractivity contribution is 0.302. The molecule has 3 aromatic rings. The van der Waals surface area contributed by atoms with Crippen molar-refractivity contribution >= 4 is 28.1 Å². The molecule has 2 aromatic heterocycles. The highest BCUT2D eigenvalue weighted by molar-refractivity contribution is 7.13. The number of fused-ring (bicyclic) bond motifs is 1. The molecule has 10 heteroatoms. The van der Waals surface area contributed by atoms with Gasteiger partial charge in [-0.25, -0.2) is 19.3 Å². The number of hydrogen-bond donors (Lipinski definition) is 2. The molecule has 1 aromatic carbocycles. The molecule has 5 rings (SSSR count). The summed E-state index contributed by atoms with van der Waals surface area (Å²) >= 11 is 1.49. The molecule has 0 bridgehead atoms. The third-order valence-electron chi connectivity index (χ3n) is 6.22. The van der Waals surface area contributed by atoms with E-state index in [2.05, 4.69) is 50.8 Å². The summed E-state index contributed by atoms with van der Waals surface area (Å²) in [5.74, 6) is 0.684. The number of benzene rings is 1. The summed E-state index contributed by atoms with van der Waals surface area (Å²) in [6.07, 6.45) is 3.28. The Bertz CT molecular complexity index is 1230. The molecule has 2 aliphatic rings. The summed E-state index contributed by atoms with van der Waals surface area (Å²) in [5, 5.41) is 18.9. The van der Waals surface area contributed by atoms with Crippen molar-refractivity contribution in [2.45, 2.75) is 38.6 Å². The van der Waals surface area contributed by atoms with Crippen LogP contribution in [0, 0.1) is 17.1 Å². The minimum absolute atomic E-state index is 0.126. The van der Waals surface area contributed by atoms with Crippen LogP contribution < -0.4 is 20.3 Å². The Morgan fingerprint density at radius 2 is 2.12 bits per heavy atom. The highest BCUT2D eigenvalue weighted by Crippen LogP contribution is 2.40. The van der Waals surface area contributed by atoms with Crippen LogP contribution in [0.1, 0.15) is 43.9 Å². The van der Waals surface area contributed by atoms with E-state index in [9.17, 15) is 9.65 Å². The first kappa shape index (κ1) is 22.5. The summed E-state index contributed by atoms with van der Waals surface area (Å²) in [7, 11) is 0. The van der Waals surface area contributed by atoms with Crippen LogP contribution in [-0.4, -0.2) is 47.2 Å². The lowest BCUT2D eigenvalue weighted by Crippen LogP contribution is -2.38. The Kier molecular flexibility index (Phi) is 6.30. The number of nitriles is 1. The van der Waals surface area contributed by atoms with Gasteiger partial charge in [-0.1, -0.05) is 0 Å². The molecule has 0 unspecified atom stereocenters. The highest BCUT2D eigenvalue weighted by atomic mass is 32.1. The number of aromatic nitrogens is 3. The normalized spacial score (nSPS) is 16.1. The van der Waals surface area contributed by atoms with E-state index in [0.29, 0.717) is 41.1 Å². The van der Waals surface area contributed by atoms with Crippen molar-refractivity contribution in [1.29, 1.82) is 5.26 Å². The zero-order valence-electron chi connectivity index (χ0n) is 19.1. The molecule has 0 saturated carbocycles. The summed E-state index contributed by atoms with van der Waals surface area (Å²) in [4.78, 5) is 15.4. The molecule has 1 saturated heterocycles. The molecule has 8 nitrogen and oxygen atoms in total. The van der Waals surface area contributed by atoms with Gasteiger partial charge in [0.1, 0.15) is 18.4 Å². The van der Waals surface area contributed by atoms with Crippen LogP contribution in [0.4, 0.5) is 21.2 Å². The lowest BCUT2D eigenvalue weighted by atomic mass is 9.96. The largest absolute Gasteiger partial charge is 0.488 e. The van der Waals surface area contributed by atoms with Crippen LogP contribution in [0.25, 0.3) is 11.3 Å². The van der Waals surface area contributed by atoms with Gasteiger partial charge in [-0.05, 0) is 51.9 Å². The van der Waals surface area contributed by atoms with E-state index in [-0.39, 0.29) is 17.7 Å². The molecule has 1 fully saturated rings. The molecular formula is C24H26FN7OS. The molecule has 2 aliphatic heterocycles. The molecule has 0 spiro atoms. The van der Waals surface area contributed by atoms with E-state index < -0.39 is 5.82 Å². The van der Waals surface area contributed by atoms with Crippen LogP contribution in [0.5, 0.6) is 5.75 Å². The van der Waals surface area contributed by atoms with Gasteiger partial charge >= 0.3 is 0 Å². The first-order valence-electron chi connectivity index (χ1n) is 11.5. The molecular weight excluding hydrogens is 453 g/mol. The third kappa shape index (κ3) is 4.41. The van der Waals surface area contributed by atoms with Gasteiger partial charge in [0, 0.05) is 22.9 Å². The molecule has 2 N–H and O–H groups in total. The maximum absolute atomic E-state index is 14.9. The Morgan fingerprint density at radius 1 is 1.29 bits per heavy atom. The van der Waals surface area contributed by atoms with Crippen LogP contribution in [0.2, 0.25) is 0 Å². The molecule has 0 amide bonds. The zero-order chi connectivity index (χ0) is 23.7. The summed E-state index contributed by atoms with van der Waals surface area (Å²) < 4.78 is 20.7. The van der Waals surface area contributed by atoms with Gasteiger partial charge in [0.25, 0.3) is 0 Å². The lowest BCUT2D eigenvalue weighted by Gasteiger charge is -2.35. The van der Waals surface area contributed by atoms with Crippen LogP contribution >= 0.6 is 11.3 Å².